The molecule has 1 aliphatic rings. The van der Waals surface area contributed by atoms with E-state index in [0.717, 1.165) is 31.4 Å². The lowest BCUT2D eigenvalue weighted by Gasteiger charge is -2.43. The van der Waals surface area contributed by atoms with E-state index < -0.39 is 0 Å². The molecule has 0 aliphatic heterocycles. The summed E-state index contributed by atoms with van der Waals surface area (Å²) in [5.74, 6) is 0.630. The Morgan fingerprint density at radius 1 is 1.38 bits per heavy atom. The molecule has 1 fully saturated rings. The first kappa shape index (κ1) is 16.2. The lowest BCUT2D eigenvalue weighted by atomic mass is 9.75. The van der Waals surface area contributed by atoms with Crippen LogP contribution in [-0.4, -0.2) is 24.2 Å². The van der Waals surface area contributed by atoms with Gasteiger partial charge in [-0.1, -0.05) is 26.2 Å². The summed E-state index contributed by atoms with van der Waals surface area (Å²) >= 11 is 0. The first-order valence-electron chi connectivity index (χ1n) is 8.14. The third kappa shape index (κ3) is 3.38. The van der Waals surface area contributed by atoms with E-state index in [0.29, 0.717) is 5.82 Å². The second-order valence-electron chi connectivity index (χ2n) is 6.14. The Balaban J connectivity index is 2.41. The normalized spacial score (nSPS) is 19.4. The van der Waals surface area contributed by atoms with Crippen molar-refractivity contribution < 1.29 is 4.74 Å². The number of methoxy groups -OCH3 is 1. The minimum atomic E-state index is -0.157. The van der Waals surface area contributed by atoms with E-state index in [-0.39, 0.29) is 11.6 Å². The van der Waals surface area contributed by atoms with Crippen molar-refractivity contribution in [2.75, 3.05) is 19.4 Å². The number of hydrogen-bond acceptors (Lipinski definition) is 4. The van der Waals surface area contributed by atoms with Gasteiger partial charge >= 0.3 is 0 Å². The summed E-state index contributed by atoms with van der Waals surface area (Å²) < 4.78 is 6.06. The Bertz CT molecular complexity index is 435. The smallest absolute Gasteiger partial charge is 0.128 e. The van der Waals surface area contributed by atoms with Gasteiger partial charge in [-0.15, -0.1) is 0 Å². The van der Waals surface area contributed by atoms with Crippen LogP contribution in [0, 0.1) is 6.92 Å². The molecule has 21 heavy (non-hydrogen) atoms. The number of hydrogen-bond donors (Lipinski definition) is 2. The molecule has 1 atom stereocenters. The monoisotopic (exact) mass is 291 g/mol. The van der Waals surface area contributed by atoms with Crippen molar-refractivity contribution >= 4 is 5.82 Å². The van der Waals surface area contributed by atoms with Crippen LogP contribution in [0.25, 0.3) is 0 Å². The molecule has 1 unspecified atom stereocenters. The molecular weight excluding hydrogens is 262 g/mol. The van der Waals surface area contributed by atoms with Crippen molar-refractivity contribution in [2.24, 2.45) is 0 Å². The Kier molecular flexibility index (Phi) is 5.59. The molecule has 0 spiro atoms. The quantitative estimate of drug-likeness (QED) is 0.843. The van der Waals surface area contributed by atoms with E-state index in [1.165, 1.54) is 24.8 Å². The number of nitrogens with zero attached hydrogens (tertiary/aromatic N) is 1. The SMILES string of the molecule is CCCNC(c1c(C)ccnc1N)C1(OC)CCCCC1. The lowest BCUT2D eigenvalue weighted by molar-refractivity contribution is -0.0687. The van der Waals surface area contributed by atoms with Crippen molar-refractivity contribution in [3.05, 3.63) is 23.4 Å². The van der Waals surface area contributed by atoms with Gasteiger partial charge in [0.2, 0.25) is 0 Å². The van der Waals surface area contributed by atoms with Gasteiger partial charge in [0.15, 0.2) is 0 Å². The zero-order valence-electron chi connectivity index (χ0n) is 13.6. The summed E-state index contributed by atoms with van der Waals surface area (Å²) in [7, 11) is 1.84. The van der Waals surface area contributed by atoms with Gasteiger partial charge in [-0.2, -0.15) is 0 Å². The predicted molar refractivity (Wildman–Crippen MR) is 87.2 cm³/mol. The predicted octanol–water partition coefficient (Wildman–Crippen LogP) is 3.36. The molecule has 1 aromatic rings. The second kappa shape index (κ2) is 7.23. The van der Waals surface area contributed by atoms with Crippen molar-refractivity contribution in [3.8, 4) is 0 Å². The molecule has 2 rings (SSSR count). The molecule has 0 bridgehead atoms. The molecule has 4 nitrogen and oxygen atoms in total. The van der Waals surface area contributed by atoms with Gasteiger partial charge in [0.25, 0.3) is 0 Å². The summed E-state index contributed by atoms with van der Waals surface area (Å²) in [5.41, 5.74) is 8.36. The Morgan fingerprint density at radius 3 is 2.67 bits per heavy atom. The molecule has 0 saturated heterocycles. The maximum atomic E-state index is 6.21. The van der Waals surface area contributed by atoms with Gasteiger partial charge in [-0.05, 0) is 44.4 Å². The average molecular weight is 291 g/mol. The maximum Gasteiger partial charge on any atom is 0.128 e. The van der Waals surface area contributed by atoms with Gasteiger partial charge < -0.3 is 15.8 Å². The molecule has 1 saturated carbocycles. The molecule has 0 radical (unpaired) electrons. The molecule has 0 aromatic carbocycles. The molecule has 3 N–H and O–H groups in total. The van der Waals surface area contributed by atoms with Crippen molar-refractivity contribution in [1.82, 2.24) is 10.3 Å². The van der Waals surface area contributed by atoms with Crippen LogP contribution < -0.4 is 11.1 Å². The third-order valence-corrected chi connectivity index (χ3v) is 4.76. The van der Waals surface area contributed by atoms with Gasteiger partial charge in [-0.25, -0.2) is 4.98 Å². The van der Waals surface area contributed by atoms with Crippen LogP contribution in [0.15, 0.2) is 12.3 Å². The second-order valence-corrected chi connectivity index (χ2v) is 6.14. The van der Waals surface area contributed by atoms with Gasteiger partial charge in [0.05, 0.1) is 11.6 Å². The molecule has 0 amide bonds. The van der Waals surface area contributed by atoms with Crippen LogP contribution in [-0.2, 0) is 4.74 Å². The van der Waals surface area contributed by atoms with Gasteiger partial charge in [0.1, 0.15) is 5.82 Å². The van der Waals surface area contributed by atoms with Crippen molar-refractivity contribution in [1.29, 1.82) is 0 Å². The highest BCUT2D eigenvalue weighted by molar-refractivity contribution is 5.47. The molecule has 1 heterocycles. The number of nitrogens with two attached hydrogens (primary N) is 1. The summed E-state index contributed by atoms with van der Waals surface area (Å²) in [4.78, 5) is 4.31. The Morgan fingerprint density at radius 2 is 2.10 bits per heavy atom. The first-order chi connectivity index (χ1) is 10.1. The molecular formula is C17H29N3O. The molecule has 118 valence electrons. The summed E-state index contributed by atoms with van der Waals surface area (Å²) in [6.45, 7) is 5.26. The number of ether oxygens (including phenoxy) is 1. The van der Waals surface area contributed by atoms with Gasteiger partial charge in [0, 0.05) is 18.9 Å². The van der Waals surface area contributed by atoms with E-state index >= 15 is 0 Å². The zero-order chi connectivity index (χ0) is 15.3. The van der Waals surface area contributed by atoms with E-state index in [1.807, 2.05) is 13.2 Å². The van der Waals surface area contributed by atoms with Crippen LogP contribution in [0.1, 0.15) is 62.6 Å². The first-order valence-corrected chi connectivity index (χ1v) is 8.14. The number of aromatic nitrogens is 1. The summed E-state index contributed by atoms with van der Waals surface area (Å²) in [5, 5.41) is 3.68. The fraction of sp³-hybridized carbons (Fsp3) is 0.706. The molecule has 4 heteroatoms. The molecule has 1 aliphatic carbocycles. The highest BCUT2D eigenvalue weighted by Gasteiger charge is 2.42. The fourth-order valence-corrected chi connectivity index (χ4v) is 3.57. The Labute approximate surface area is 128 Å². The van der Waals surface area contributed by atoms with Crippen LogP contribution >= 0.6 is 0 Å². The summed E-state index contributed by atoms with van der Waals surface area (Å²) in [6.07, 6.45) is 8.78. The average Bonchev–Trinajstić information content (AvgIpc) is 2.51. The highest BCUT2D eigenvalue weighted by Crippen LogP contribution is 2.43. The van der Waals surface area contributed by atoms with Crippen LogP contribution in [0.5, 0.6) is 0 Å². The van der Waals surface area contributed by atoms with Gasteiger partial charge in [-0.3, -0.25) is 0 Å². The lowest BCUT2D eigenvalue weighted by Crippen LogP contribution is -2.47. The fourth-order valence-electron chi connectivity index (χ4n) is 3.57. The standard InChI is InChI=1S/C17H29N3O/c1-4-11-19-15(14-13(2)8-12-20-16(14)18)17(21-3)9-6-5-7-10-17/h8,12,15,19H,4-7,9-11H2,1-3H3,(H2,18,20). The highest BCUT2D eigenvalue weighted by atomic mass is 16.5. The largest absolute Gasteiger partial charge is 0.383 e. The minimum absolute atomic E-state index is 0.122. The number of anilines is 1. The topological polar surface area (TPSA) is 60.2 Å². The van der Waals surface area contributed by atoms with Crippen molar-refractivity contribution in [3.63, 3.8) is 0 Å². The van der Waals surface area contributed by atoms with E-state index in [9.17, 15) is 0 Å². The third-order valence-electron chi connectivity index (χ3n) is 4.76. The van der Waals surface area contributed by atoms with E-state index in [4.69, 9.17) is 10.5 Å². The van der Waals surface area contributed by atoms with E-state index in [2.05, 4.69) is 24.1 Å². The van der Waals surface area contributed by atoms with Crippen LogP contribution in [0.2, 0.25) is 0 Å². The van der Waals surface area contributed by atoms with Crippen LogP contribution in [0.3, 0.4) is 0 Å². The zero-order valence-corrected chi connectivity index (χ0v) is 13.6. The van der Waals surface area contributed by atoms with E-state index in [1.54, 1.807) is 6.20 Å². The maximum absolute atomic E-state index is 6.21. The number of pyridine rings is 1. The van der Waals surface area contributed by atoms with Crippen LogP contribution in [0.4, 0.5) is 5.82 Å². The summed E-state index contributed by atoms with van der Waals surface area (Å²) in [6, 6.07) is 2.16. The number of rotatable bonds is 6. The number of aryl methyl sites for hydroxylation is 1. The minimum Gasteiger partial charge on any atom is -0.383 e. The number of nitrogen functional groups attached to an aromatic ring is 1. The number of nitrogens with one attached hydrogen (secondary N) is 1. The van der Waals surface area contributed by atoms with Crippen molar-refractivity contribution in [2.45, 2.75) is 64.0 Å². The molecule has 1 aromatic heterocycles. The Hall–Kier alpha value is -1.13.